The van der Waals surface area contributed by atoms with Crippen molar-refractivity contribution in [1.29, 1.82) is 0 Å². The Morgan fingerprint density at radius 3 is 2.00 bits per heavy atom. The molecule has 1 nitrogen and oxygen atoms in total. The fraction of sp³-hybridized carbons (Fsp3) is 1.00. The summed E-state index contributed by atoms with van der Waals surface area (Å²) in [5, 5.41) is 7.82. The van der Waals surface area contributed by atoms with Crippen LogP contribution >= 0.6 is 0 Å². The fourth-order valence-corrected chi connectivity index (χ4v) is 0.160. The minimum Gasteiger partial charge on any atom is -0.393 e. The molecule has 1 unspecified atom stereocenters. The molecule has 0 aromatic carbocycles. The zero-order chi connectivity index (χ0) is 6.78. The molecule has 0 saturated carbocycles. The molecule has 1 atom stereocenters. The molecule has 0 aliphatic rings. The largest absolute Gasteiger partial charge is 0.393 e. The van der Waals surface area contributed by atoms with Crippen LogP contribution in [0.4, 0.5) is 13.2 Å². The first kappa shape index (κ1) is 7.75. The Morgan fingerprint density at radius 2 is 2.00 bits per heavy atom. The van der Waals surface area contributed by atoms with Crippen LogP contribution in [0.1, 0.15) is 6.92 Å². The van der Waals surface area contributed by atoms with Gasteiger partial charge in [0.1, 0.15) is 0 Å². The highest BCUT2D eigenvalue weighted by molar-refractivity contribution is 4.68. The number of aliphatic hydroxyl groups is 1. The van der Waals surface area contributed by atoms with Gasteiger partial charge in [-0.15, -0.1) is 0 Å². The predicted molar refractivity (Wildman–Crippen MR) is 22.6 cm³/mol. The van der Waals surface area contributed by atoms with Gasteiger partial charge >= 0.3 is 0 Å². The monoisotopic (exact) mass is 128 g/mol. The molecular formula is C4H7F3O. The Bertz CT molecular complexity index is 68.2. The molecule has 0 bridgehead atoms. The van der Waals surface area contributed by atoms with Crippen molar-refractivity contribution in [2.75, 3.05) is 6.61 Å². The third kappa shape index (κ3) is 2.16. The lowest BCUT2D eigenvalue weighted by molar-refractivity contribution is -0.0732. The molecule has 0 rings (SSSR count). The van der Waals surface area contributed by atoms with Gasteiger partial charge in [-0.05, 0) is 0 Å². The minimum atomic E-state index is -3.41. The lowest BCUT2D eigenvalue weighted by Crippen LogP contribution is -2.28. The van der Waals surface area contributed by atoms with Crippen LogP contribution in [0, 0.1) is 0 Å². The van der Waals surface area contributed by atoms with Gasteiger partial charge in [0, 0.05) is 6.92 Å². The third-order valence-electron chi connectivity index (χ3n) is 0.710. The molecule has 0 heterocycles. The lowest BCUT2D eigenvalue weighted by Gasteiger charge is -2.11. The summed E-state index contributed by atoms with van der Waals surface area (Å²) in [5.41, 5.74) is 0. The zero-order valence-electron chi connectivity index (χ0n) is 4.37. The van der Waals surface area contributed by atoms with Crippen molar-refractivity contribution in [3.8, 4) is 0 Å². The molecule has 8 heavy (non-hydrogen) atoms. The van der Waals surface area contributed by atoms with Gasteiger partial charge in [-0.3, -0.25) is 0 Å². The summed E-state index contributed by atoms with van der Waals surface area (Å²) in [6, 6.07) is 0. The molecule has 0 aromatic rings. The number of rotatable bonds is 2. The second-order valence-corrected chi connectivity index (χ2v) is 1.61. The van der Waals surface area contributed by atoms with Gasteiger partial charge in [0.2, 0.25) is 0 Å². The summed E-state index contributed by atoms with van der Waals surface area (Å²) < 4.78 is 34.8. The van der Waals surface area contributed by atoms with Crippen molar-refractivity contribution in [1.82, 2.24) is 0 Å². The van der Waals surface area contributed by atoms with Crippen LogP contribution < -0.4 is 0 Å². The lowest BCUT2D eigenvalue weighted by atomic mass is 10.2. The molecule has 0 spiro atoms. The van der Waals surface area contributed by atoms with Crippen molar-refractivity contribution in [2.45, 2.75) is 19.0 Å². The fourth-order valence-electron chi connectivity index (χ4n) is 0.160. The molecule has 0 aromatic heterocycles. The predicted octanol–water partition coefficient (Wildman–Crippen LogP) is 0.972. The zero-order valence-corrected chi connectivity index (χ0v) is 4.37. The average Bonchev–Trinajstić information content (AvgIpc) is 1.62. The summed E-state index contributed by atoms with van der Waals surface area (Å²) >= 11 is 0. The second kappa shape index (κ2) is 2.35. The number of hydrogen-bond donors (Lipinski definition) is 1. The SMILES string of the molecule is CC(F)(F)C(F)CO. The van der Waals surface area contributed by atoms with Gasteiger partial charge in [-0.25, -0.2) is 13.2 Å². The molecule has 1 N–H and O–H groups in total. The molecule has 0 aliphatic heterocycles. The van der Waals surface area contributed by atoms with Crippen LogP contribution in [0.5, 0.6) is 0 Å². The Labute approximate surface area is 45.1 Å². The van der Waals surface area contributed by atoms with E-state index >= 15 is 0 Å². The summed E-state index contributed by atoms with van der Waals surface area (Å²) in [6.45, 7) is -0.697. The summed E-state index contributed by atoms with van der Waals surface area (Å²) in [7, 11) is 0. The van der Waals surface area contributed by atoms with Crippen LogP contribution in [0.25, 0.3) is 0 Å². The highest BCUT2D eigenvalue weighted by Crippen LogP contribution is 2.19. The quantitative estimate of drug-likeness (QED) is 0.587. The smallest absolute Gasteiger partial charge is 0.278 e. The van der Waals surface area contributed by atoms with Gasteiger partial charge < -0.3 is 5.11 Å². The Morgan fingerprint density at radius 1 is 1.62 bits per heavy atom. The van der Waals surface area contributed by atoms with Gasteiger partial charge in [0.25, 0.3) is 5.92 Å². The van der Waals surface area contributed by atoms with E-state index < -0.39 is 18.7 Å². The van der Waals surface area contributed by atoms with E-state index in [4.69, 9.17) is 5.11 Å². The van der Waals surface area contributed by atoms with Crippen molar-refractivity contribution in [2.24, 2.45) is 0 Å². The standard InChI is InChI=1S/C4H7F3O/c1-4(6,7)3(5)2-8/h3,8H,2H2,1H3. The first-order chi connectivity index (χ1) is 3.48. The third-order valence-corrected chi connectivity index (χ3v) is 0.710. The molecule has 4 heteroatoms. The summed E-state index contributed by atoms with van der Waals surface area (Å²) in [5.74, 6) is -3.41. The van der Waals surface area contributed by atoms with Crippen molar-refractivity contribution >= 4 is 0 Å². The number of aliphatic hydroxyl groups excluding tert-OH is 1. The van der Waals surface area contributed by atoms with Crippen molar-refractivity contribution in [3.05, 3.63) is 0 Å². The first-order valence-corrected chi connectivity index (χ1v) is 2.11. The van der Waals surface area contributed by atoms with E-state index in [0.717, 1.165) is 0 Å². The van der Waals surface area contributed by atoms with Crippen LogP contribution in [-0.4, -0.2) is 23.8 Å². The Hall–Kier alpha value is -0.250. The Kier molecular flexibility index (Phi) is 2.27. The van der Waals surface area contributed by atoms with E-state index in [1.165, 1.54) is 0 Å². The summed E-state index contributed by atoms with van der Waals surface area (Å²) in [4.78, 5) is 0. The molecule has 0 amide bonds. The molecule has 0 saturated heterocycles. The highest BCUT2D eigenvalue weighted by atomic mass is 19.3. The van der Waals surface area contributed by atoms with Crippen LogP contribution in [0.3, 0.4) is 0 Å². The van der Waals surface area contributed by atoms with Crippen molar-refractivity contribution < 1.29 is 18.3 Å². The highest BCUT2D eigenvalue weighted by Gasteiger charge is 2.33. The first-order valence-electron chi connectivity index (χ1n) is 2.11. The maximum absolute atomic E-state index is 11.6. The second-order valence-electron chi connectivity index (χ2n) is 1.61. The molecule has 0 fully saturated rings. The summed E-state index contributed by atoms with van der Waals surface area (Å²) in [6.07, 6.45) is -2.43. The van der Waals surface area contributed by atoms with E-state index in [2.05, 4.69) is 0 Å². The normalized spacial score (nSPS) is 16.1. The van der Waals surface area contributed by atoms with Gasteiger partial charge in [-0.1, -0.05) is 0 Å². The topological polar surface area (TPSA) is 20.2 Å². The van der Waals surface area contributed by atoms with Crippen molar-refractivity contribution in [3.63, 3.8) is 0 Å². The molecule has 0 radical (unpaired) electrons. The van der Waals surface area contributed by atoms with Gasteiger partial charge in [0.05, 0.1) is 6.61 Å². The van der Waals surface area contributed by atoms with E-state index in [0.29, 0.717) is 6.92 Å². The average molecular weight is 128 g/mol. The van der Waals surface area contributed by atoms with Gasteiger partial charge in [-0.2, -0.15) is 0 Å². The van der Waals surface area contributed by atoms with Crippen LogP contribution in [0.2, 0.25) is 0 Å². The Balaban J connectivity index is 3.62. The van der Waals surface area contributed by atoms with E-state index in [1.54, 1.807) is 0 Å². The van der Waals surface area contributed by atoms with E-state index in [-0.39, 0.29) is 0 Å². The number of alkyl halides is 3. The van der Waals surface area contributed by atoms with Crippen LogP contribution in [-0.2, 0) is 0 Å². The van der Waals surface area contributed by atoms with E-state index in [9.17, 15) is 13.2 Å². The molecule has 50 valence electrons. The maximum Gasteiger partial charge on any atom is 0.278 e. The van der Waals surface area contributed by atoms with Crippen LogP contribution in [0.15, 0.2) is 0 Å². The number of hydrogen-bond acceptors (Lipinski definition) is 1. The molecule has 0 aliphatic carbocycles. The van der Waals surface area contributed by atoms with E-state index in [1.807, 2.05) is 0 Å². The minimum absolute atomic E-state index is 0.424. The molecular weight excluding hydrogens is 121 g/mol. The van der Waals surface area contributed by atoms with Gasteiger partial charge in [0.15, 0.2) is 6.17 Å². The number of halogens is 3. The maximum atomic E-state index is 11.6.